The van der Waals surface area contributed by atoms with Gasteiger partial charge in [-0.1, -0.05) is 0 Å². The van der Waals surface area contributed by atoms with E-state index in [0.29, 0.717) is 5.56 Å². The standard InChI is InChI=1S/C12H17N3O2/c1-13-11-3-4-14-7-10(11)12(16)15-8-5-9(6-8)17-2/h3-4,7-9H,5-6H2,1-2H3,(H,13,14)(H,15,16). The van der Waals surface area contributed by atoms with Crippen molar-refractivity contribution in [2.45, 2.75) is 25.0 Å². The molecule has 0 aliphatic heterocycles. The lowest BCUT2D eigenvalue weighted by molar-refractivity contribution is 0.0176. The van der Waals surface area contributed by atoms with Gasteiger partial charge in [0.05, 0.1) is 11.7 Å². The smallest absolute Gasteiger partial charge is 0.255 e. The van der Waals surface area contributed by atoms with E-state index in [1.165, 1.54) is 0 Å². The van der Waals surface area contributed by atoms with E-state index in [-0.39, 0.29) is 18.1 Å². The molecule has 1 saturated carbocycles. The van der Waals surface area contributed by atoms with Crippen molar-refractivity contribution >= 4 is 11.6 Å². The van der Waals surface area contributed by atoms with Gasteiger partial charge in [-0.05, 0) is 18.9 Å². The van der Waals surface area contributed by atoms with Crippen molar-refractivity contribution in [3.63, 3.8) is 0 Å². The van der Waals surface area contributed by atoms with Gasteiger partial charge in [0, 0.05) is 38.3 Å². The highest BCUT2D eigenvalue weighted by molar-refractivity contribution is 5.99. The molecule has 0 radical (unpaired) electrons. The van der Waals surface area contributed by atoms with Crippen LogP contribution in [0.3, 0.4) is 0 Å². The molecule has 1 aromatic rings. The van der Waals surface area contributed by atoms with E-state index in [4.69, 9.17) is 4.74 Å². The molecule has 1 aliphatic rings. The van der Waals surface area contributed by atoms with Crippen molar-refractivity contribution in [3.05, 3.63) is 24.0 Å². The lowest BCUT2D eigenvalue weighted by Crippen LogP contribution is -2.47. The van der Waals surface area contributed by atoms with E-state index in [0.717, 1.165) is 18.5 Å². The lowest BCUT2D eigenvalue weighted by atomic mass is 9.89. The lowest BCUT2D eigenvalue weighted by Gasteiger charge is -2.34. The van der Waals surface area contributed by atoms with Gasteiger partial charge in [0.25, 0.3) is 5.91 Å². The molecule has 2 rings (SSSR count). The number of amides is 1. The predicted octanol–water partition coefficient (Wildman–Crippen LogP) is 1.03. The Bertz CT molecular complexity index is 402. The molecule has 0 atom stereocenters. The fourth-order valence-corrected chi connectivity index (χ4v) is 1.93. The number of anilines is 1. The number of methoxy groups -OCH3 is 1. The summed E-state index contributed by atoms with van der Waals surface area (Å²) in [6, 6.07) is 2.01. The normalized spacial score (nSPS) is 22.7. The Labute approximate surface area is 101 Å². The molecule has 1 aromatic heterocycles. The zero-order valence-corrected chi connectivity index (χ0v) is 10.1. The van der Waals surface area contributed by atoms with Crippen LogP contribution in [0.4, 0.5) is 5.69 Å². The molecule has 1 heterocycles. The molecule has 5 heteroatoms. The van der Waals surface area contributed by atoms with Crippen LogP contribution in [-0.2, 0) is 4.74 Å². The fourth-order valence-electron chi connectivity index (χ4n) is 1.93. The van der Waals surface area contributed by atoms with Crippen LogP contribution < -0.4 is 10.6 Å². The highest BCUT2D eigenvalue weighted by Gasteiger charge is 2.30. The van der Waals surface area contributed by atoms with Gasteiger partial charge in [0.15, 0.2) is 0 Å². The Morgan fingerprint density at radius 3 is 2.94 bits per heavy atom. The minimum atomic E-state index is -0.0815. The summed E-state index contributed by atoms with van der Waals surface area (Å²) >= 11 is 0. The van der Waals surface area contributed by atoms with Crippen molar-refractivity contribution in [3.8, 4) is 0 Å². The van der Waals surface area contributed by atoms with Crippen LogP contribution in [0.5, 0.6) is 0 Å². The van der Waals surface area contributed by atoms with Gasteiger partial charge in [0.2, 0.25) is 0 Å². The van der Waals surface area contributed by atoms with Crippen molar-refractivity contribution in [2.75, 3.05) is 19.5 Å². The Morgan fingerprint density at radius 2 is 2.29 bits per heavy atom. The summed E-state index contributed by atoms with van der Waals surface area (Å²) in [5.74, 6) is -0.0815. The number of nitrogens with one attached hydrogen (secondary N) is 2. The number of carbonyl (C=O) groups is 1. The Kier molecular flexibility index (Phi) is 3.58. The van der Waals surface area contributed by atoms with E-state index in [1.807, 2.05) is 0 Å². The van der Waals surface area contributed by atoms with Gasteiger partial charge in [-0.15, -0.1) is 0 Å². The molecule has 0 unspecified atom stereocenters. The summed E-state index contributed by atoms with van der Waals surface area (Å²) in [6.45, 7) is 0. The number of nitrogens with zero attached hydrogens (tertiary/aromatic N) is 1. The van der Waals surface area contributed by atoms with Crippen molar-refractivity contribution < 1.29 is 9.53 Å². The van der Waals surface area contributed by atoms with Crippen LogP contribution in [0.1, 0.15) is 23.2 Å². The second kappa shape index (κ2) is 5.14. The molecule has 92 valence electrons. The third kappa shape index (κ3) is 2.55. The quantitative estimate of drug-likeness (QED) is 0.818. The van der Waals surface area contributed by atoms with E-state index < -0.39 is 0 Å². The van der Waals surface area contributed by atoms with Crippen LogP contribution in [0.2, 0.25) is 0 Å². The molecule has 2 N–H and O–H groups in total. The van der Waals surface area contributed by atoms with Gasteiger partial charge >= 0.3 is 0 Å². The fraction of sp³-hybridized carbons (Fsp3) is 0.500. The van der Waals surface area contributed by atoms with Gasteiger partial charge < -0.3 is 15.4 Å². The maximum atomic E-state index is 12.0. The predicted molar refractivity (Wildman–Crippen MR) is 65.1 cm³/mol. The molecule has 0 bridgehead atoms. The number of rotatable bonds is 4. The average Bonchev–Trinajstić information content (AvgIpc) is 2.32. The van der Waals surface area contributed by atoms with E-state index in [1.54, 1.807) is 32.6 Å². The SMILES string of the molecule is CNc1ccncc1C(=O)NC1CC(OC)C1. The summed E-state index contributed by atoms with van der Waals surface area (Å²) in [6.07, 6.45) is 5.30. The third-order valence-electron chi connectivity index (χ3n) is 3.10. The van der Waals surface area contributed by atoms with E-state index in [2.05, 4.69) is 15.6 Å². The number of ether oxygens (including phenoxy) is 1. The summed E-state index contributed by atoms with van der Waals surface area (Å²) in [5, 5.41) is 5.95. The second-order valence-electron chi connectivity index (χ2n) is 4.17. The number of aromatic nitrogens is 1. The molecular formula is C12H17N3O2. The Hall–Kier alpha value is -1.62. The van der Waals surface area contributed by atoms with Crippen molar-refractivity contribution in [1.82, 2.24) is 10.3 Å². The Balaban J connectivity index is 1.96. The van der Waals surface area contributed by atoms with E-state index >= 15 is 0 Å². The topological polar surface area (TPSA) is 63.2 Å². The van der Waals surface area contributed by atoms with Crippen LogP contribution >= 0.6 is 0 Å². The van der Waals surface area contributed by atoms with Crippen LogP contribution in [0.25, 0.3) is 0 Å². The molecule has 0 saturated heterocycles. The van der Waals surface area contributed by atoms with Gasteiger partial charge in [-0.25, -0.2) is 0 Å². The number of hydrogen-bond acceptors (Lipinski definition) is 4. The number of pyridine rings is 1. The zero-order chi connectivity index (χ0) is 12.3. The van der Waals surface area contributed by atoms with Crippen molar-refractivity contribution in [1.29, 1.82) is 0 Å². The highest BCUT2D eigenvalue weighted by atomic mass is 16.5. The number of carbonyl (C=O) groups excluding carboxylic acids is 1. The van der Waals surface area contributed by atoms with Gasteiger partial charge in [-0.3, -0.25) is 9.78 Å². The maximum Gasteiger partial charge on any atom is 0.255 e. The van der Waals surface area contributed by atoms with Crippen molar-refractivity contribution in [2.24, 2.45) is 0 Å². The third-order valence-corrected chi connectivity index (χ3v) is 3.10. The average molecular weight is 235 g/mol. The first-order chi connectivity index (χ1) is 8.24. The molecule has 0 spiro atoms. The minimum Gasteiger partial charge on any atom is -0.387 e. The largest absolute Gasteiger partial charge is 0.387 e. The molecule has 1 aliphatic carbocycles. The molecule has 17 heavy (non-hydrogen) atoms. The second-order valence-corrected chi connectivity index (χ2v) is 4.17. The minimum absolute atomic E-state index is 0.0815. The molecule has 5 nitrogen and oxygen atoms in total. The first kappa shape index (κ1) is 11.9. The maximum absolute atomic E-state index is 12.0. The highest BCUT2D eigenvalue weighted by Crippen LogP contribution is 2.23. The molecule has 0 aromatic carbocycles. The molecule has 1 amide bonds. The van der Waals surface area contributed by atoms with Crippen LogP contribution in [0, 0.1) is 0 Å². The summed E-state index contributed by atoms with van der Waals surface area (Å²) in [5.41, 5.74) is 1.37. The van der Waals surface area contributed by atoms with Crippen LogP contribution in [0.15, 0.2) is 18.5 Å². The van der Waals surface area contributed by atoms with Gasteiger partial charge in [-0.2, -0.15) is 0 Å². The first-order valence-electron chi connectivity index (χ1n) is 5.70. The molecule has 1 fully saturated rings. The zero-order valence-electron chi connectivity index (χ0n) is 10.1. The van der Waals surface area contributed by atoms with Crippen LogP contribution in [-0.4, -0.2) is 37.2 Å². The number of hydrogen-bond donors (Lipinski definition) is 2. The van der Waals surface area contributed by atoms with Gasteiger partial charge in [0.1, 0.15) is 0 Å². The summed E-state index contributed by atoms with van der Waals surface area (Å²) in [7, 11) is 3.49. The van der Waals surface area contributed by atoms with E-state index in [9.17, 15) is 4.79 Å². The monoisotopic (exact) mass is 235 g/mol. The Morgan fingerprint density at radius 1 is 1.53 bits per heavy atom. The summed E-state index contributed by atoms with van der Waals surface area (Å²) < 4.78 is 5.17. The first-order valence-corrected chi connectivity index (χ1v) is 5.70. The molecular weight excluding hydrogens is 218 g/mol. The summed E-state index contributed by atoms with van der Waals surface area (Å²) in [4.78, 5) is 16.0.